The minimum Gasteiger partial charge on any atom is -0.480 e. The Labute approximate surface area is 207 Å². The van der Waals surface area contributed by atoms with Crippen molar-refractivity contribution in [2.45, 2.75) is 0 Å². The van der Waals surface area contributed by atoms with E-state index in [4.69, 9.17) is 27.2 Å². The Kier molecular flexibility index (Phi) is 5.93. The molecule has 0 spiro atoms. The van der Waals surface area contributed by atoms with E-state index in [1.165, 1.54) is 10.9 Å². The quantitative estimate of drug-likeness (QED) is 0.202. The van der Waals surface area contributed by atoms with Gasteiger partial charge in [0, 0.05) is 20.4 Å². The first-order valence-corrected chi connectivity index (χ1v) is 11.3. The van der Waals surface area contributed by atoms with Crippen LogP contribution in [0.5, 0.6) is 5.75 Å². The van der Waals surface area contributed by atoms with Crippen LogP contribution in [0.4, 0.5) is 0 Å². The number of ether oxygens (including phenoxy) is 1. The molecular formula is C26H15BrClN3O3. The molecule has 0 atom stereocenters. The Morgan fingerprint density at radius 2 is 2.03 bits per heavy atom. The minimum atomic E-state index is -0.341. The largest absolute Gasteiger partial charge is 0.480 e. The standard InChI is InChI=1S/C26H15BrClN3O3/c1-2-11-33-22-10-8-19(28)13-17(22)15-29-31-25(30-21-6-4-3-5-20(21)26(31)32)24-14-16-12-18(27)7-9-23(16)34-24/h1,3-10,12-15H,11H2. The van der Waals surface area contributed by atoms with Gasteiger partial charge in [-0.05, 0) is 54.6 Å². The summed E-state index contributed by atoms with van der Waals surface area (Å²) in [6.45, 7) is 0.0831. The maximum Gasteiger partial charge on any atom is 0.282 e. The van der Waals surface area contributed by atoms with Gasteiger partial charge in [-0.15, -0.1) is 6.42 Å². The van der Waals surface area contributed by atoms with Crippen LogP contribution in [0.1, 0.15) is 5.56 Å². The molecule has 0 unspecified atom stereocenters. The highest BCUT2D eigenvalue weighted by Gasteiger charge is 2.17. The van der Waals surface area contributed by atoms with E-state index in [0.717, 1.165) is 9.86 Å². The summed E-state index contributed by atoms with van der Waals surface area (Å²) < 4.78 is 13.7. The highest BCUT2D eigenvalue weighted by molar-refractivity contribution is 9.10. The van der Waals surface area contributed by atoms with E-state index < -0.39 is 0 Å². The van der Waals surface area contributed by atoms with Gasteiger partial charge in [0.1, 0.15) is 17.9 Å². The fourth-order valence-electron chi connectivity index (χ4n) is 3.51. The van der Waals surface area contributed by atoms with E-state index in [9.17, 15) is 4.79 Å². The van der Waals surface area contributed by atoms with E-state index in [-0.39, 0.29) is 18.0 Å². The maximum atomic E-state index is 13.4. The molecule has 5 aromatic rings. The second kappa shape index (κ2) is 9.18. The monoisotopic (exact) mass is 531 g/mol. The zero-order valence-corrected chi connectivity index (χ0v) is 19.9. The lowest BCUT2D eigenvalue weighted by atomic mass is 10.2. The normalized spacial score (nSPS) is 11.3. The fraction of sp³-hybridized carbons (Fsp3) is 0.0385. The third kappa shape index (κ3) is 4.21. The maximum absolute atomic E-state index is 13.4. The summed E-state index contributed by atoms with van der Waals surface area (Å²) in [7, 11) is 0. The van der Waals surface area contributed by atoms with Gasteiger partial charge < -0.3 is 9.15 Å². The van der Waals surface area contributed by atoms with Crippen LogP contribution in [-0.4, -0.2) is 22.5 Å². The number of benzene rings is 3. The molecule has 0 radical (unpaired) electrons. The highest BCUT2D eigenvalue weighted by atomic mass is 79.9. The molecule has 0 saturated heterocycles. The van der Waals surface area contributed by atoms with Gasteiger partial charge >= 0.3 is 0 Å². The number of rotatable bonds is 5. The summed E-state index contributed by atoms with van der Waals surface area (Å²) in [6, 6.07) is 19.6. The lowest BCUT2D eigenvalue weighted by Gasteiger charge is -2.09. The second-order valence-electron chi connectivity index (χ2n) is 7.28. The zero-order valence-electron chi connectivity index (χ0n) is 17.5. The smallest absolute Gasteiger partial charge is 0.282 e. The van der Waals surface area contributed by atoms with Crippen molar-refractivity contribution < 1.29 is 9.15 Å². The molecule has 0 aliphatic rings. The van der Waals surface area contributed by atoms with Crippen LogP contribution >= 0.6 is 27.5 Å². The Bertz CT molecular complexity index is 1680. The number of fused-ring (bicyclic) bond motifs is 2. The van der Waals surface area contributed by atoms with Gasteiger partial charge in [0.25, 0.3) is 5.56 Å². The predicted octanol–water partition coefficient (Wildman–Crippen LogP) is 6.12. The third-order valence-corrected chi connectivity index (χ3v) is 5.78. The van der Waals surface area contributed by atoms with Gasteiger partial charge in [-0.1, -0.05) is 45.6 Å². The fourth-order valence-corrected chi connectivity index (χ4v) is 4.07. The molecular weight excluding hydrogens is 518 g/mol. The number of para-hydroxylation sites is 1. The number of terminal acetylenes is 1. The van der Waals surface area contributed by atoms with Crippen LogP contribution in [0.15, 0.2) is 85.5 Å². The van der Waals surface area contributed by atoms with Gasteiger partial charge in [-0.25, -0.2) is 4.98 Å². The first-order valence-electron chi connectivity index (χ1n) is 10.1. The van der Waals surface area contributed by atoms with Crippen LogP contribution in [0, 0.1) is 12.3 Å². The van der Waals surface area contributed by atoms with E-state index in [0.29, 0.717) is 38.6 Å². The first-order chi connectivity index (χ1) is 16.5. The number of halogens is 2. The SMILES string of the molecule is C#CCOc1ccc(Cl)cc1C=Nn1c(-c2cc3cc(Br)ccc3o2)nc2ccccc2c1=O. The molecule has 0 fully saturated rings. The van der Waals surface area contributed by atoms with E-state index in [2.05, 4.69) is 31.9 Å². The van der Waals surface area contributed by atoms with Crippen molar-refractivity contribution in [2.24, 2.45) is 5.10 Å². The van der Waals surface area contributed by atoms with Crippen molar-refractivity contribution in [3.8, 4) is 29.7 Å². The van der Waals surface area contributed by atoms with E-state index in [1.807, 2.05) is 30.3 Å². The van der Waals surface area contributed by atoms with Gasteiger partial charge in [0.2, 0.25) is 5.82 Å². The first kappa shape index (κ1) is 22.0. The van der Waals surface area contributed by atoms with Crippen LogP contribution in [-0.2, 0) is 0 Å². The Balaban J connectivity index is 1.70. The van der Waals surface area contributed by atoms with Crippen LogP contribution < -0.4 is 10.3 Å². The van der Waals surface area contributed by atoms with Gasteiger partial charge in [-0.2, -0.15) is 9.78 Å². The molecule has 2 aromatic heterocycles. The van der Waals surface area contributed by atoms with Crippen molar-refractivity contribution in [2.75, 3.05) is 6.61 Å². The molecule has 0 bridgehead atoms. The lowest BCUT2D eigenvalue weighted by molar-refractivity contribution is 0.370. The van der Waals surface area contributed by atoms with E-state index >= 15 is 0 Å². The molecule has 0 amide bonds. The lowest BCUT2D eigenvalue weighted by Crippen LogP contribution is -2.20. The van der Waals surface area contributed by atoms with Crippen LogP contribution in [0.2, 0.25) is 5.02 Å². The molecule has 0 aliphatic heterocycles. The summed E-state index contributed by atoms with van der Waals surface area (Å²) >= 11 is 9.64. The number of nitrogens with zero attached hydrogens (tertiary/aromatic N) is 3. The molecule has 0 saturated carbocycles. The molecule has 5 rings (SSSR count). The molecule has 2 heterocycles. The average molecular weight is 533 g/mol. The Morgan fingerprint density at radius 3 is 2.88 bits per heavy atom. The number of hydrogen-bond acceptors (Lipinski definition) is 5. The molecule has 0 aliphatic carbocycles. The topological polar surface area (TPSA) is 69.6 Å². The molecule has 34 heavy (non-hydrogen) atoms. The van der Waals surface area contributed by atoms with Crippen molar-refractivity contribution in [3.05, 3.63) is 92.1 Å². The highest BCUT2D eigenvalue weighted by Crippen LogP contribution is 2.29. The zero-order chi connectivity index (χ0) is 23.7. The summed E-state index contributed by atoms with van der Waals surface area (Å²) in [4.78, 5) is 18.1. The molecule has 6 nitrogen and oxygen atoms in total. The van der Waals surface area contributed by atoms with Crippen molar-refractivity contribution >= 4 is 55.6 Å². The molecule has 166 valence electrons. The Morgan fingerprint density at radius 1 is 1.18 bits per heavy atom. The predicted molar refractivity (Wildman–Crippen MR) is 138 cm³/mol. The molecule has 0 N–H and O–H groups in total. The number of aromatic nitrogens is 2. The van der Waals surface area contributed by atoms with E-state index in [1.54, 1.807) is 36.4 Å². The van der Waals surface area contributed by atoms with Gasteiger partial charge in [0.15, 0.2) is 5.76 Å². The second-order valence-corrected chi connectivity index (χ2v) is 8.63. The summed E-state index contributed by atoms with van der Waals surface area (Å²) in [5.74, 6) is 3.59. The van der Waals surface area contributed by atoms with Crippen molar-refractivity contribution in [1.82, 2.24) is 9.66 Å². The minimum absolute atomic E-state index is 0.0831. The van der Waals surface area contributed by atoms with Crippen LogP contribution in [0.3, 0.4) is 0 Å². The summed E-state index contributed by atoms with van der Waals surface area (Å²) in [6.07, 6.45) is 6.80. The summed E-state index contributed by atoms with van der Waals surface area (Å²) in [5, 5.41) is 6.24. The number of hydrogen-bond donors (Lipinski definition) is 0. The summed E-state index contributed by atoms with van der Waals surface area (Å²) in [5.41, 5.74) is 1.42. The van der Waals surface area contributed by atoms with Gasteiger partial charge in [-0.3, -0.25) is 4.79 Å². The molecule has 3 aromatic carbocycles. The third-order valence-electron chi connectivity index (χ3n) is 5.05. The Hall–Kier alpha value is -3.86. The number of furan rings is 1. The van der Waals surface area contributed by atoms with Crippen molar-refractivity contribution in [3.63, 3.8) is 0 Å². The molecule has 8 heteroatoms. The average Bonchev–Trinajstić information content (AvgIpc) is 3.26. The van der Waals surface area contributed by atoms with Gasteiger partial charge in [0.05, 0.1) is 17.1 Å². The van der Waals surface area contributed by atoms with Crippen molar-refractivity contribution in [1.29, 1.82) is 0 Å². The van der Waals surface area contributed by atoms with Crippen LogP contribution in [0.25, 0.3) is 33.5 Å².